The average molecular weight is 264 g/mol. The molecule has 0 bridgehead atoms. The van der Waals surface area contributed by atoms with Crippen molar-refractivity contribution in [2.45, 2.75) is 27.7 Å². The minimum absolute atomic E-state index is 0. The number of hydrogen-bond acceptors (Lipinski definition) is 2. The van der Waals surface area contributed by atoms with Crippen LogP contribution in [0, 0.1) is 27.7 Å². The Kier molecular flexibility index (Phi) is 5.08. The first-order valence-electron chi connectivity index (χ1n) is 6.15. The maximum atomic E-state index is 6.13. The Morgan fingerprint density at radius 2 is 1.11 bits per heavy atom. The molecule has 0 heterocycles. The molecule has 2 aromatic rings. The van der Waals surface area contributed by atoms with Gasteiger partial charge in [-0.2, -0.15) is 0 Å². The van der Waals surface area contributed by atoms with E-state index in [9.17, 15) is 0 Å². The van der Waals surface area contributed by atoms with Crippen LogP contribution in [0.3, 0.4) is 0 Å². The van der Waals surface area contributed by atoms with E-state index in [-0.39, 0.29) is 29.6 Å². The Bertz CT molecular complexity index is 572. The van der Waals surface area contributed by atoms with E-state index in [0.29, 0.717) is 0 Å². The molecule has 0 saturated carbocycles. The van der Waals surface area contributed by atoms with Crippen molar-refractivity contribution in [1.29, 1.82) is 0 Å². The third kappa shape index (κ3) is 2.81. The molecular weight excluding hydrogens is 243 g/mol. The Morgan fingerprint density at radius 3 is 1.53 bits per heavy atom. The van der Waals surface area contributed by atoms with E-state index in [1.807, 2.05) is 12.1 Å². The van der Waals surface area contributed by atoms with Crippen LogP contribution in [0.1, 0.15) is 22.3 Å². The van der Waals surface area contributed by atoms with Gasteiger partial charge in [0.1, 0.15) is 0 Å². The van der Waals surface area contributed by atoms with Gasteiger partial charge in [-0.25, -0.2) is 0 Å². The molecule has 0 spiro atoms. The van der Waals surface area contributed by atoms with E-state index in [2.05, 4.69) is 39.8 Å². The fraction of sp³-hybridized carbons (Fsp3) is 0.250. The van der Waals surface area contributed by atoms with E-state index < -0.39 is 0 Å². The summed E-state index contributed by atoms with van der Waals surface area (Å²) in [5.74, 6) is 0. The average Bonchev–Trinajstić information content (AvgIpc) is 2.36. The van der Waals surface area contributed by atoms with Gasteiger partial charge in [0, 0.05) is 11.4 Å². The normalized spacial score (nSPS) is 10.1. The molecule has 0 radical (unpaired) electrons. The van der Waals surface area contributed by atoms with E-state index in [0.717, 1.165) is 11.4 Å². The molecule has 0 unspecified atom stereocenters. The molecule has 4 N–H and O–H groups in total. The van der Waals surface area contributed by atoms with Crippen molar-refractivity contribution in [1.82, 2.24) is 0 Å². The summed E-state index contributed by atoms with van der Waals surface area (Å²) >= 11 is 0. The number of nitrogens with two attached hydrogens (primary N) is 2. The molecule has 0 aliphatic heterocycles. The van der Waals surface area contributed by atoms with Gasteiger partial charge in [0.2, 0.25) is 0 Å². The van der Waals surface area contributed by atoms with Crippen LogP contribution in [0.25, 0.3) is 11.1 Å². The predicted molar refractivity (Wildman–Crippen MR) is 86.8 cm³/mol. The van der Waals surface area contributed by atoms with E-state index in [1.54, 1.807) is 0 Å². The summed E-state index contributed by atoms with van der Waals surface area (Å²) in [5, 5.41) is 0. The van der Waals surface area contributed by atoms with Gasteiger partial charge in [-0.05, 0) is 73.2 Å². The molecule has 0 aliphatic rings. The summed E-state index contributed by atoms with van der Waals surface area (Å²) in [6, 6.07) is 8.02. The standard InChI is InChI=1S/C16H20N2.Na.H/c1-9-11(3)16(18)12(4)10(2)15(9)13-5-7-14(17)8-6-13;;/h5-8H,17-18H2,1-4H3;;. The molecule has 0 aliphatic carbocycles. The number of rotatable bonds is 1. The van der Waals surface area contributed by atoms with Crippen molar-refractivity contribution >= 4 is 40.9 Å². The van der Waals surface area contributed by atoms with Crippen molar-refractivity contribution in [2.75, 3.05) is 11.5 Å². The van der Waals surface area contributed by atoms with Gasteiger partial charge in [-0.3, -0.25) is 0 Å². The first-order valence-corrected chi connectivity index (χ1v) is 6.15. The van der Waals surface area contributed by atoms with Gasteiger partial charge in [0.15, 0.2) is 0 Å². The van der Waals surface area contributed by atoms with Gasteiger partial charge in [0.05, 0.1) is 0 Å². The second kappa shape index (κ2) is 6.00. The third-order valence-corrected chi connectivity index (χ3v) is 3.88. The minimum atomic E-state index is 0. The predicted octanol–water partition coefficient (Wildman–Crippen LogP) is 3.10. The molecule has 0 fully saturated rings. The van der Waals surface area contributed by atoms with Crippen LogP contribution in [-0.2, 0) is 0 Å². The molecule has 0 saturated heterocycles. The SMILES string of the molecule is Cc1c(C)c(-c2ccc(N)cc2)c(C)c(C)c1N.[NaH]. The maximum absolute atomic E-state index is 6.13. The number of benzene rings is 2. The molecular formula is C16H21N2Na. The zero-order valence-electron chi connectivity index (χ0n) is 11.5. The molecule has 2 nitrogen and oxygen atoms in total. The summed E-state index contributed by atoms with van der Waals surface area (Å²) in [7, 11) is 0. The quantitative estimate of drug-likeness (QED) is 0.614. The Labute approximate surface area is 137 Å². The summed E-state index contributed by atoms with van der Waals surface area (Å²) in [5.41, 5.74) is 20.9. The Hall–Kier alpha value is -0.960. The van der Waals surface area contributed by atoms with E-state index >= 15 is 0 Å². The second-order valence-electron chi connectivity index (χ2n) is 4.91. The number of nitrogen functional groups attached to an aromatic ring is 2. The van der Waals surface area contributed by atoms with Crippen molar-refractivity contribution in [3.8, 4) is 11.1 Å². The van der Waals surface area contributed by atoms with Crippen molar-refractivity contribution in [3.05, 3.63) is 46.5 Å². The Balaban J connectivity index is 0.00000180. The molecule has 0 amide bonds. The van der Waals surface area contributed by atoms with Crippen LogP contribution in [-0.4, -0.2) is 29.6 Å². The second-order valence-corrected chi connectivity index (χ2v) is 4.91. The van der Waals surface area contributed by atoms with Crippen LogP contribution < -0.4 is 11.5 Å². The van der Waals surface area contributed by atoms with Gasteiger partial charge in [0.25, 0.3) is 0 Å². The molecule has 96 valence electrons. The van der Waals surface area contributed by atoms with Gasteiger partial charge >= 0.3 is 29.6 Å². The number of anilines is 2. The van der Waals surface area contributed by atoms with Gasteiger partial charge < -0.3 is 11.5 Å². The van der Waals surface area contributed by atoms with E-state index in [1.165, 1.54) is 33.4 Å². The fourth-order valence-electron chi connectivity index (χ4n) is 2.42. The van der Waals surface area contributed by atoms with Crippen molar-refractivity contribution in [3.63, 3.8) is 0 Å². The van der Waals surface area contributed by atoms with Crippen LogP contribution in [0.2, 0.25) is 0 Å². The zero-order chi connectivity index (χ0) is 13.4. The fourth-order valence-corrected chi connectivity index (χ4v) is 2.42. The summed E-state index contributed by atoms with van der Waals surface area (Å²) in [6.07, 6.45) is 0. The molecule has 0 atom stereocenters. The van der Waals surface area contributed by atoms with Crippen molar-refractivity contribution < 1.29 is 0 Å². The van der Waals surface area contributed by atoms with Gasteiger partial charge in [-0.1, -0.05) is 12.1 Å². The molecule has 0 aromatic heterocycles. The van der Waals surface area contributed by atoms with E-state index in [4.69, 9.17) is 11.5 Å². The van der Waals surface area contributed by atoms with Crippen molar-refractivity contribution in [2.24, 2.45) is 0 Å². The molecule has 2 aromatic carbocycles. The van der Waals surface area contributed by atoms with Crippen LogP contribution in [0.15, 0.2) is 24.3 Å². The summed E-state index contributed by atoms with van der Waals surface area (Å²) in [4.78, 5) is 0. The molecule has 2 rings (SSSR count). The molecule has 3 heteroatoms. The topological polar surface area (TPSA) is 52.0 Å². The molecule has 19 heavy (non-hydrogen) atoms. The zero-order valence-corrected chi connectivity index (χ0v) is 11.5. The monoisotopic (exact) mass is 264 g/mol. The first kappa shape index (κ1) is 16.1. The van der Waals surface area contributed by atoms with Crippen LogP contribution in [0.5, 0.6) is 0 Å². The van der Waals surface area contributed by atoms with Crippen LogP contribution >= 0.6 is 0 Å². The number of hydrogen-bond donors (Lipinski definition) is 2. The summed E-state index contributed by atoms with van der Waals surface area (Å²) in [6.45, 7) is 8.42. The van der Waals surface area contributed by atoms with Gasteiger partial charge in [-0.15, -0.1) is 0 Å². The summed E-state index contributed by atoms with van der Waals surface area (Å²) < 4.78 is 0. The first-order chi connectivity index (χ1) is 8.43. The van der Waals surface area contributed by atoms with Crippen LogP contribution in [0.4, 0.5) is 11.4 Å². The third-order valence-electron chi connectivity index (χ3n) is 3.88. The Morgan fingerprint density at radius 1 is 0.684 bits per heavy atom.